The van der Waals surface area contributed by atoms with Crippen LogP contribution in [0.25, 0.3) is 11.8 Å². The van der Waals surface area contributed by atoms with Gasteiger partial charge in [0.1, 0.15) is 5.70 Å². The zero-order valence-corrected chi connectivity index (χ0v) is 14.0. The van der Waals surface area contributed by atoms with Crippen molar-refractivity contribution >= 4 is 24.0 Å². The van der Waals surface area contributed by atoms with Crippen LogP contribution in [0.15, 0.2) is 36.0 Å². The maximum Gasteiger partial charge on any atom is 0.337 e. The van der Waals surface area contributed by atoms with Crippen molar-refractivity contribution in [2.24, 2.45) is 0 Å². The lowest BCUT2D eigenvalue weighted by Gasteiger charge is -2.11. The van der Waals surface area contributed by atoms with Gasteiger partial charge in [-0.3, -0.25) is 10.1 Å². The van der Waals surface area contributed by atoms with E-state index in [9.17, 15) is 14.4 Å². The van der Waals surface area contributed by atoms with E-state index in [2.05, 4.69) is 10.6 Å². The van der Waals surface area contributed by atoms with Gasteiger partial charge in [-0.05, 0) is 49.8 Å². The molecule has 2 N–H and O–H groups in total. The number of nitrogens with one attached hydrogen (secondary N) is 2. The molecule has 0 saturated carbocycles. The molecule has 1 aliphatic heterocycles. The molecule has 0 radical (unpaired) electrons. The van der Waals surface area contributed by atoms with E-state index in [1.54, 1.807) is 24.3 Å². The maximum atomic E-state index is 11.7. The van der Waals surface area contributed by atoms with Crippen LogP contribution in [0.1, 0.15) is 27.3 Å². The van der Waals surface area contributed by atoms with E-state index in [1.807, 2.05) is 30.5 Å². The number of benzene rings is 1. The van der Waals surface area contributed by atoms with Crippen molar-refractivity contribution in [1.82, 2.24) is 15.2 Å². The number of esters is 1. The zero-order chi connectivity index (χ0) is 18.1. The van der Waals surface area contributed by atoms with E-state index in [0.717, 1.165) is 22.6 Å². The summed E-state index contributed by atoms with van der Waals surface area (Å²) in [6, 6.07) is 8.47. The van der Waals surface area contributed by atoms with Crippen LogP contribution >= 0.6 is 0 Å². The van der Waals surface area contributed by atoms with Gasteiger partial charge >= 0.3 is 12.0 Å². The molecule has 1 saturated heterocycles. The van der Waals surface area contributed by atoms with Gasteiger partial charge in [-0.1, -0.05) is 6.07 Å². The van der Waals surface area contributed by atoms with E-state index in [1.165, 1.54) is 7.11 Å². The first kappa shape index (κ1) is 16.5. The fourth-order valence-corrected chi connectivity index (χ4v) is 2.86. The van der Waals surface area contributed by atoms with Crippen LogP contribution in [0, 0.1) is 13.8 Å². The van der Waals surface area contributed by atoms with Gasteiger partial charge in [0.15, 0.2) is 0 Å². The largest absolute Gasteiger partial charge is 0.465 e. The van der Waals surface area contributed by atoms with Crippen molar-refractivity contribution in [3.05, 3.63) is 58.5 Å². The van der Waals surface area contributed by atoms with Gasteiger partial charge in [0.2, 0.25) is 0 Å². The van der Waals surface area contributed by atoms with E-state index in [4.69, 9.17) is 4.74 Å². The summed E-state index contributed by atoms with van der Waals surface area (Å²) in [6.07, 6.45) is 1.63. The van der Waals surface area contributed by atoms with Crippen molar-refractivity contribution in [3.8, 4) is 5.69 Å². The fraction of sp³-hybridized carbons (Fsp3) is 0.167. The minimum Gasteiger partial charge on any atom is -0.465 e. The smallest absolute Gasteiger partial charge is 0.337 e. The quantitative estimate of drug-likeness (QED) is 0.509. The highest BCUT2D eigenvalue weighted by Gasteiger charge is 2.23. The predicted octanol–water partition coefficient (Wildman–Crippen LogP) is 2.06. The van der Waals surface area contributed by atoms with Crippen LogP contribution in [-0.2, 0) is 9.53 Å². The minimum atomic E-state index is -0.532. The van der Waals surface area contributed by atoms with Crippen LogP contribution in [0.2, 0.25) is 0 Å². The predicted molar refractivity (Wildman–Crippen MR) is 91.2 cm³/mol. The standard InChI is InChI=1S/C18H17N3O4/c1-10-7-13(9-15-16(22)20-18(24)19-15)11(2)21(10)14-6-4-5-12(8-14)17(23)25-3/h4-9H,1-3H3,(H2,19,20,22,24). The topological polar surface area (TPSA) is 89.4 Å². The first-order valence-electron chi connectivity index (χ1n) is 7.62. The highest BCUT2D eigenvalue weighted by atomic mass is 16.5. The van der Waals surface area contributed by atoms with Crippen molar-refractivity contribution in [3.63, 3.8) is 0 Å². The molecule has 0 bridgehead atoms. The number of aryl methyl sites for hydroxylation is 1. The molecule has 128 valence electrons. The maximum absolute atomic E-state index is 11.7. The molecule has 3 rings (SSSR count). The molecule has 1 fully saturated rings. The van der Waals surface area contributed by atoms with E-state index >= 15 is 0 Å². The third-order valence-corrected chi connectivity index (χ3v) is 4.02. The molecule has 7 heteroatoms. The number of methoxy groups -OCH3 is 1. The van der Waals surface area contributed by atoms with Gasteiger partial charge in [0.05, 0.1) is 12.7 Å². The summed E-state index contributed by atoms with van der Waals surface area (Å²) in [4.78, 5) is 34.7. The van der Waals surface area contributed by atoms with Crippen LogP contribution in [0.5, 0.6) is 0 Å². The summed E-state index contributed by atoms with van der Waals surface area (Å²) in [7, 11) is 1.34. The Kier molecular flexibility index (Phi) is 4.14. The summed E-state index contributed by atoms with van der Waals surface area (Å²) in [5, 5.41) is 4.64. The summed E-state index contributed by atoms with van der Waals surface area (Å²) in [5.74, 6) is -0.862. The normalized spacial score (nSPS) is 15.2. The Labute approximate surface area is 144 Å². The van der Waals surface area contributed by atoms with Crippen LogP contribution < -0.4 is 10.6 Å². The molecule has 0 unspecified atom stereocenters. The van der Waals surface area contributed by atoms with Crippen LogP contribution in [0.3, 0.4) is 0 Å². The first-order chi connectivity index (χ1) is 11.9. The number of amides is 3. The van der Waals surface area contributed by atoms with E-state index < -0.39 is 17.9 Å². The molecule has 0 atom stereocenters. The number of nitrogens with zero attached hydrogens (tertiary/aromatic N) is 1. The first-order valence-corrected chi connectivity index (χ1v) is 7.62. The number of ether oxygens (including phenoxy) is 1. The second-order valence-corrected chi connectivity index (χ2v) is 5.67. The van der Waals surface area contributed by atoms with Crippen molar-refractivity contribution < 1.29 is 19.1 Å². The van der Waals surface area contributed by atoms with E-state index in [-0.39, 0.29) is 5.70 Å². The average Bonchev–Trinajstić information content (AvgIpc) is 3.05. The Morgan fingerprint density at radius 1 is 1.16 bits per heavy atom. The number of rotatable bonds is 3. The summed E-state index contributed by atoms with van der Waals surface area (Å²) in [5.41, 5.74) is 4.07. The number of imide groups is 1. The Morgan fingerprint density at radius 3 is 2.56 bits per heavy atom. The Balaban J connectivity index is 2.04. The second-order valence-electron chi connectivity index (χ2n) is 5.67. The summed E-state index contributed by atoms with van der Waals surface area (Å²) >= 11 is 0. The molecule has 2 aromatic rings. The molecule has 3 amide bonds. The van der Waals surface area contributed by atoms with E-state index in [0.29, 0.717) is 5.56 Å². The molecule has 2 heterocycles. The molecule has 25 heavy (non-hydrogen) atoms. The van der Waals surface area contributed by atoms with Gasteiger partial charge in [-0.15, -0.1) is 0 Å². The van der Waals surface area contributed by atoms with Gasteiger partial charge in [0.25, 0.3) is 5.91 Å². The molecule has 1 aliphatic rings. The van der Waals surface area contributed by atoms with Crippen LogP contribution in [-0.4, -0.2) is 29.6 Å². The Morgan fingerprint density at radius 2 is 1.92 bits per heavy atom. The summed E-state index contributed by atoms with van der Waals surface area (Å²) in [6.45, 7) is 3.83. The molecule has 1 aromatic carbocycles. The molecular weight excluding hydrogens is 322 g/mol. The third kappa shape index (κ3) is 3.03. The number of hydrogen-bond acceptors (Lipinski definition) is 4. The number of carbonyl (C=O) groups excluding carboxylic acids is 3. The molecule has 0 spiro atoms. The number of carbonyl (C=O) groups is 3. The monoisotopic (exact) mass is 339 g/mol. The minimum absolute atomic E-state index is 0.202. The lowest BCUT2D eigenvalue weighted by atomic mass is 10.2. The molecule has 0 aliphatic carbocycles. The average molecular weight is 339 g/mol. The van der Waals surface area contributed by atoms with Crippen LogP contribution in [0.4, 0.5) is 4.79 Å². The van der Waals surface area contributed by atoms with Gasteiger partial charge in [0, 0.05) is 17.1 Å². The van der Waals surface area contributed by atoms with Gasteiger partial charge in [-0.25, -0.2) is 9.59 Å². The number of aromatic nitrogens is 1. The third-order valence-electron chi connectivity index (χ3n) is 4.02. The molecule has 7 nitrogen and oxygen atoms in total. The fourth-order valence-electron chi connectivity index (χ4n) is 2.86. The van der Waals surface area contributed by atoms with Crippen molar-refractivity contribution in [1.29, 1.82) is 0 Å². The van der Waals surface area contributed by atoms with Crippen molar-refractivity contribution in [2.75, 3.05) is 7.11 Å². The lowest BCUT2D eigenvalue weighted by Crippen LogP contribution is -2.22. The number of urea groups is 1. The Hall–Kier alpha value is -3.35. The highest BCUT2D eigenvalue weighted by molar-refractivity contribution is 6.14. The zero-order valence-electron chi connectivity index (χ0n) is 14.0. The lowest BCUT2D eigenvalue weighted by molar-refractivity contribution is -0.115. The van der Waals surface area contributed by atoms with Gasteiger partial charge in [-0.2, -0.15) is 0 Å². The Bertz CT molecular complexity index is 924. The summed E-state index contributed by atoms with van der Waals surface area (Å²) < 4.78 is 6.73. The molecule has 1 aromatic heterocycles. The number of hydrogen-bond donors (Lipinski definition) is 2. The van der Waals surface area contributed by atoms with Crippen molar-refractivity contribution in [2.45, 2.75) is 13.8 Å². The SMILES string of the molecule is COC(=O)c1cccc(-n2c(C)cc(C=C3NC(=O)NC3=O)c2C)c1. The highest BCUT2D eigenvalue weighted by Crippen LogP contribution is 2.23. The van der Waals surface area contributed by atoms with Gasteiger partial charge < -0.3 is 14.6 Å². The second kappa shape index (κ2) is 6.27. The molecular formula is C18H17N3O4.